The summed E-state index contributed by atoms with van der Waals surface area (Å²) in [5.74, 6) is -0.356. The largest absolute Gasteiger partial charge is 0.350 e. The summed E-state index contributed by atoms with van der Waals surface area (Å²) in [6.07, 6.45) is 1.11. The molecule has 0 saturated heterocycles. The van der Waals surface area contributed by atoms with Crippen molar-refractivity contribution in [2.24, 2.45) is 0 Å². The van der Waals surface area contributed by atoms with Crippen molar-refractivity contribution in [2.75, 3.05) is 23.7 Å². The second kappa shape index (κ2) is 7.88. The van der Waals surface area contributed by atoms with Crippen LogP contribution in [0.15, 0.2) is 48.5 Å². The Morgan fingerprint density at radius 2 is 1.71 bits per heavy atom. The molecule has 0 aliphatic heterocycles. The molecule has 1 N–H and O–H groups in total. The van der Waals surface area contributed by atoms with Crippen LogP contribution in [-0.4, -0.2) is 33.7 Å². The van der Waals surface area contributed by atoms with Gasteiger partial charge in [0.1, 0.15) is 0 Å². The second-order valence-electron chi connectivity index (χ2n) is 5.05. The first-order valence-corrected chi connectivity index (χ1v) is 9.65. The molecular formula is C16H16Cl2N2O3S. The molecule has 24 heavy (non-hydrogen) atoms. The number of carbonyl (C=O) groups is 1. The van der Waals surface area contributed by atoms with Crippen molar-refractivity contribution in [1.82, 2.24) is 5.32 Å². The minimum Gasteiger partial charge on any atom is -0.350 e. The van der Waals surface area contributed by atoms with Gasteiger partial charge in [0.25, 0.3) is 5.91 Å². The number of nitrogens with one attached hydrogen (secondary N) is 1. The number of amides is 1. The van der Waals surface area contributed by atoms with Crippen molar-refractivity contribution in [3.8, 4) is 0 Å². The molecular weight excluding hydrogens is 371 g/mol. The van der Waals surface area contributed by atoms with Gasteiger partial charge in [-0.2, -0.15) is 0 Å². The fourth-order valence-electron chi connectivity index (χ4n) is 2.11. The molecule has 8 heteroatoms. The van der Waals surface area contributed by atoms with Crippen molar-refractivity contribution in [1.29, 1.82) is 0 Å². The lowest BCUT2D eigenvalue weighted by atomic mass is 10.2. The average molecular weight is 387 g/mol. The van der Waals surface area contributed by atoms with Crippen LogP contribution in [0.25, 0.3) is 0 Å². The van der Waals surface area contributed by atoms with Gasteiger partial charge in [0.2, 0.25) is 10.0 Å². The first-order chi connectivity index (χ1) is 11.3. The molecule has 0 aromatic heterocycles. The van der Waals surface area contributed by atoms with Crippen molar-refractivity contribution in [3.05, 3.63) is 64.1 Å². The predicted molar refractivity (Wildman–Crippen MR) is 97.4 cm³/mol. The van der Waals surface area contributed by atoms with Gasteiger partial charge in [-0.1, -0.05) is 35.3 Å². The van der Waals surface area contributed by atoms with Gasteiger partial charge in [0.05, 0.1) is 29.1 Å². The van der Waals surface area contributed by atoms with E-state index in [1.807, 2.05) is 0 Å². The fraction of sp³-hybridized carbons (Fsp3) is 0.188. The minimum atomic E-state index is -3.49. The number of anilines is 1. The number of sulfonamides is 1. The summed E-state index contributed by atoms with van der Waals surface area (Å²) in [5, 5.41) is 3.52. The van der Waals surface area contributed by atoms with Gasteiger partial charge in [-0.3, -0.25) is 9.10 Å². The Bertz CT molecular complexity index is 823. The van der Waals surface area contributed by atoms with Crippen LogP contribution in [0.5, 0.6) is 0 Å². The molecule has 5 nitrogen and oxygen atoms in total. The molecule has 1 amide bonds. The molecule has 0 unspecified atom stereocenters. The van der Waals surface area contributed by atoms with Crippen LogP contribution in [0, 0.1) is 0 Å². The van der Waals surface area contributed by atoms with E-state index in [0.717, 1.165) is 6.26 Å². The lowest BCUT2D eigenvalue weighted by molar-refractivity contribution is 0.0955. The Morgan fingerprint density at radius 1 is 1.08 bits per heavy atom. The van der Waals surface area contributed by atoms with E-state index in [0.29, 0.717) is 21.3 Å². The Balaban J connectivity index is 2.05. The Labute approximate surface area is 151 Å². The molecule has 128 valence electrons. The van der Waals surface area contributed by atoms with Crippen molar-refractivity contribution in [2.45, 2.75) is 0 Å². The van der Waals surface area contributed by atoms with Crippen molar-refractivity contribution < 1.29 is 13.2 Å². The zero-order chi connectivity index (χ0) is 17.7. The van der Waals surface area contributed by atoms with E-state index in [1.54, 1.807) is 48.5 Å². The number of hydrogen-bond donors (Lipinski definition) is 1. The van der Waals surface area contributed by atoms with Crippen LogP contribution in [0.3, 0.4) is 0 Å². The van der Waals surface area contributed by atoms with Crippen LogP contribution < -0.4 is 9.62 Å². The summed E-state index contributed by atoms with van der Waals surface area (Å²) in [4.78, 5) is 12.1. The third-order valence-corrected chi connectivity index (χ3v) is 5.01. The lowest BCUT2D eigenvalue weighted by Crippen LogP contribution is -2.38. The second-order valence-corrected chi connectivity index (χ2v) is 7.80. The minimum absolute atomic E-state index is 0.0939. The van der Waals surface area contributed by atoms with Crippen LogP contribution in [-0.2, 0) is 10.0 Å². The molecule has 0 aliphatic rings. The summed E-state index contributed by atoms with van der Waals surface area (Å²) in [6, 6.07) is 13.1. The van der Waals surface area contributed by atoms with E-state index in [4.69, 9.17) is 23.2 Å². The van der Waals surface area contributed by atoms with E-state index < -0.39 is 10.0 Å². The number of rotatable bonds is 6. The van der Waals surface area contributed by atoms with Crippen LogP contribution in [0.2, 0.25) is 10.0 Å². The standard InChI is InChI=1S/C16H16Cl2N2O3S/c1-24(22,23)20(13-8-6-12(17)7-9-13)11-10-19-16(21)14-4-2-3-5-15(14)18/h2-9H,10-11H2,1H3,(H,19,21). The topological polar surface area (TPSA) is 66.5 Å². The van der Waals surface area contributed by atoms with Gasteiger partial charge in [0.15, 0.2) is 0 Å². The maximum atomic E-state index is 12.1. The Hall–Kier alpha value is -1.76. The number of nitrogens with zero attached hydrogens (tertiary/aromatic N) is 1. The SMILES string of the molecule is CS(=O)(=O)N(CCNC(=O)c1ccccc1Cl)c1ccc(Cl)cc1. The third kappa shape index (κ3) is 4.87. The Kier molecular flexibility index (Phi) is 6.10. The third-order valence-electron chi connectivity index (χ3n) is 3.23. The summed E-state index contributed by atoms with van der Waals surface area (Å²) in [7, 11) is -3.49. The Morgan fingerprint density at radius 3 is 2.29 bits per heavy atom. The highest BCUT2D eigenvalue weighted by Crippen LogP contribution is 2.20. The highest BCUT2D eigenvalue weighted by molar-refractivity contribution is 7.92. The average Bonchev–Trinajstić information content (AvgIpc) is 2.52. The number of halogens is 2. The van der Waals surface area contributed by atoms with Gasteiger partial charge in [-0.05, 0) is 36.4 Å². The fourth-order valence-corrected chi connectivity index (χ4v) is 3.38. The van der Waals surface area contributed by atoms with Gasteiger partial charge in [-0.15, -0.1) is 0 Å². The summed E-state index contributed by atoms with van der Waals surface area (Å²) in [5.41, 5.74) is 0.824. The summed E-state index contributed by atoms with van der Waals surface area (Å²) >= 11 is 11.8. The molecule has 0 atom stereocenters. The van der Waals surface area contributed by atoms with E-state index >= 15 is 0 Å². The highest BCUT2D eigenvalue weighted by Gasteiger charge is 2.18. The molecule has 0 bridgehead atoms. The number of carbonyl (C=O) groups excluding carboxylic acids is 1. The predicted octanol–water partition coefficient (Wildman–Crippen LogP) is 3.19. The quantitative estimate of drug-likeness (QED) is 0.828. The van der Waals surface area contributed by atoms with Crippen molar-refractivity contribution >= 4 is 44.8 Å². The normalized spacial score (nSPS) is 11.1. The summed E-state index contributed by atoms with van der Waals surface area (Å²) in [6.45, 7) is 0.233. The first kappa shape index (κ1) is 18.6. The molecule has 2 rings (SSSR count). The molecule has 0 fully saturated rings. The maximum Gasteiger partial charge on any atom is 0.252 e. The first-order valence-electron chi connectivity index (χ1n) is 7.05. The zero-order valence-corrected chi connectivity index (χ0v) is 15.2. The van der Waals surface area contributed by atoms with Crippen LogP contribution >= 0.6 is 23.2 Å². The zero-order valence-electron chi connectivity index (χ0n) is 12.9. The maximum absolute atomic E-state index is 12.1. The molecule has 0 radical (unpaired) electrons. The highest BCUT2D eigenvalue weighted by atomic mass is 35.5. The molecule has 2 aromatic carbocycles. The van der Waals surface area contributed by atoms with Gasteiger partial charge in [-0.25, -0.2) is 8.42 Å². The molecule has 0 spiro atoms. The molecule has 2 aromatic rings. The van der Waals surface area contributed by atoms with E-state index in [-0.39, 0.29) is 19.0 Å². The van der Waals surface area contributed by atoms with Gasteiger partial charge >= 0.3 is 0 Å². The van der Waals surface area contributed by atoms with Crippen molar-refractivity contribution in [3.63, 3.8) is 0 Å². The van der Waals surface area contributed by atoms with Gasteiger partial charge in [0, 0.05) is 11.6 Å². The lowest BCUT2D eigenvalue weighted by Gasteiger charge is -2.22. The van der Waals surface area contributed by atoms with Crippen LogP contribution in [0.4, 0.5) is 5.69 Å². The van der Waals surface area contributed by atoms with Crippen LogP contribution in [0.1, 0.15) is 10.4 Å². The number of hydrogen-bond acceptors (Lipinski definition) is 3. The molecule has 0 saturated carbocycles. The van der Waals surface area contributed by atoms with E-state index in [2.05, 4.69) is 5.32 Å². The van der Waals surface area contributed by atoms with E-state index in [9.17, 15) is 13.2 Å². The monoisotopic (exact) mass is 386 g/mol. The number of benzene rings is 2. The molecule has 0 heterocycles. The van der Waals surface area contributed by atoms with E-state index in [1.165, 1.54) is 4.31 Å². The molecule has 0 aliphatic carbocycles. The smallest absolute Gasteiger partial charge is 0.252 e. The van der Waals surface area contributed by atoms with Gasteiger partial charge < -0.3 is 5.32 Å². The summed E-state index contributed by atoms with van der Waals surface area (Å²) < 4.78 is 25.2.